The zero-order valence-electron chi connectivity index (χ0n) is 9.06. The molecule has 5 nitrogen and oxygen atoms in total. The second-order valence-electron chi connectivity index (χ2n) is 4.27. The molecule has 1 aliphatic rings. The van der Waals surface area contributed by atoms with Crippen molar-refractivity contribution in [2.75, 3.05) is 12.3 Å². The van der Waals surface area contributed by atoms with Gasteiger partial charge in [-0.05, 0) is 31.9 Å². The van der Waals surface area contributed by atoms with E-state index in [1.165, 1.54) is 18.4 Å². The van der Waals surface area contributed by atoms with Crippen LogP contribution in [0.25, 0.3) is 5.65 Å². The highest BCUT2D eigenvalue weighted by Crippen LogP contribution is 2.16. The molecule has 0 saturated carbocycles. The lowest BCUT2D eigenvalue weighted by atomic mass is 10.1. The Labute approximate surface area is 93.7 Å². The zero-order chi connectivity index (χ0) is 11.0. The molecule has 5 heteroatoms. The lowest BCUT2D eigenvalue weighted by Gasteiger charge is -2.07. The molecule has 0 aromatic carbocycles. The maximum Gasteiger partial charge on any atom is 0.160 e. The number of hydrogen-bond acceptors (Lipinski definition) is 4. The molecule has 0 aliphatic carbocycles. The van der Waals surface area contributed by atoms with Gasteiger partial charge in [0, 0.05) is 17.8 Å². The Balaban J connectivity index is 1.94. The molecule has 3 heterocycles. The predicted octanol–water partition coefficient (Wildman–Crippen LogP) is 0.606. The van der Waals surface area contributed by atoms with Crippen molar-refractivity contribution in [2.24, 2.45) is 0 Å². The Bertz CT molecular complexity index is 498. The quantitative estimate of drug-likeness (QED) is 0.773. The maximum absolute atomic E-state index is 5.82. The number of nitrogens with two attached hydrogens (primary N) is 1. The standard InChI is InChI=1S/C11H15N5/c12-10-3-5-14-11-8(7-15-16(10)11)6-9-2-1-4-13-9/h3,5,7,9,13H,1-2,4,6,12H2. The molecule has 1 unspecified atom stereocenters. The van der Waals surface area contributed by atoms with E-state index in [2.05, 4.69) is 15.4 Å². The highest BCUT2D eigenvalue weighted by atomic mass is 15.3. The summed E-state index contributed by atoms with van der Waals surface area (Å²) in [6.07, 6.45) is 7.09. The Morgan fingerprint density at radius 2 is 2.50 bits per heavy atom. The van der Waals surface area contributed by atoms with E-state index in [0.29, 0.717) is 11.9 Å². The van der Waals surface area contributed by atoms with Crippen LogP contribution in [-0.2, 0) is 6.42 Å². The summed E-state index contributed by atoms with van der Waals surface area (Å²) in [6.45, 7) is 1.12. The molecular weight excluding hydrogens is 202 g/mol. The van der Waals surface area contributed by atoms with Crippen LogP contribution in [0.4, 0.5) is 5.82 Å². The minimum atomic E-state index is 0.566. The molecule has 1 aliphatic heterocycles. The normalized spacial score (nSPS) is 20.6. The summed E-state index contributed by atoms with van der Waals surface area (Å²) >= 11 is 0. The van der Waals surface area contributed by atoms with Crippen LogP contribution in [0.5, 0.6) is 0 Å². The van der Waals surface area contributed by atoms with E-state index in [1.807, 2.05) is 6.20 Å². The Kier molecular flexibility index (Phi) is 2.25. The number of anilines is 1. The van der Waals surface area contributed by atoms with E-state index in [0.717, 1.165) is 18.6 Å². The largest absolute Gasteiger partial charge is 0.384 e. The van der Waals surface area contributed by atoms with Crippen molar-refractivity contribution in [3.63, 3.8) is 0 Å². The SMILES string of the molecule is Nc1ccnc2c(CC3CCCN3)cnn12. The smallest absolute Gasteiger partial charge is 0.160 e. The van der Waals surface area contributed by atoms with Crippen LogP contribution in [0.2, 0.25) is 0 Å². The summed E-state index contributed by atoms with van der Waals surface area (Å²) in [5.41, 5.74) is 7.88. The van der Waals surface area contributed by atoms with Crippen molar-refractivity contribution >= 4 is 11.5 Å². The molecule has 16 heavy (non-hydrogen) atoms. The molecule has 2 aromatic heterocycles. The van der Waals surface area contributed by atoms with Gasteiger partial charge in [-0.1, -0.05) is 0 Å². The Hall–Kier alpha value is -1.62. The fraction of sp³-hybridized carbons (Fsp3) is 0.455. The van der Waals surface area contributed by atoms with E-state index in [9.17, 15) is 0 Å². The van der Waals surface area contributed by atoms with Crippen LogP contribution < -0.4 is 11.1 Å². The van der Waals surface area contributed by atoms with Gasteiger partial charge in [-0.15, -0.1) is 0 Å². The van der Waals surface area contributed by atoms with Gasteiger partial charge in [-0.2, -0.15) is 9.61 Å². The molecule has 1 saturated heterocycles. The first-order chi connectivity index (χ1) is 7.84. The van der Waals surface area contributed by atoms with Crippen LogP contribution in [0.1, 0.15) is 18.4 Å². The minimum Gasteiger partial charge on any atom is -0.384 e. The molecule has 0 radical (unpaired) electrons. The molecule has 0 bridgehead atoms. The second-order valence-corrected chi connectivity index (χ2v) is 4.27. The third-order valence-electron chi connectivity index (χ3n) is 3.13. The fourth-order valence-electron chi connectivity index (χ4n) is 2.30. The van der Waals surface area contributed by atoms with Crippen LogP contribution in [0.3, 0.4) is 0 Å². The number of aromatic nitrogens is 3. The maximum atomic E-state index is 5.82. The summed E-state index contributed by atoms with van der Waals surface area (Å²) in [6, 6.07) is 2.33. The number of fused-ring (bicyclic) bond motifs is 1. The van der Waals surface area contributed by atoms with E-state index >= 15 is 0 Å². The van der Waals surface area contributed by atoms with E-state index < -0.39 is 0 Å². The Morgan fingerprint density at radius 3 is 3.31 bits per heavy atom. The molecule has 1 fully saturated rings. The number of nitrogen functional groups attached to an aromatic ring is 1. The first-order valence-corrected chi connectivity index (χ1v) is 5.65. The summed E-state index contributed by atoms with van der Waals surface area (Å²) in [5, 5.41) is 7.74. The molecule has 3 N–H and O–H groups in total. The molecule has 2 aromatic rings. The van der Waals surface area contributed by atoms with Gasteiger partial charge in [0.25, 0.3) is 0 Å². The molecule has 84 valence electrons. The molecule has 0 spiro atoms. The molecule has 1 atom stereocenters. The van der Waals surface area contributed by atoms with Crippen molar-refractivity contribution in [3.05, 3.63) is 24.0 Å². The first kappa shape index (κ1) is 9.59. The number of hydrogen-bond donors (Lipinski definition) is 2. The van der Waals surface area contributed by atoms with Crippen LogP contribution >= 0.6 is 0 Å². The third-order valence-corrected chi connectivity index (χ3v) is 3.13. The van der Waals surface area contributed by atoms with Gasteiger partial charge in [0.1, 0.15) is 5.82 Å². The van der Waals surface area contributed by atoms with E-state index in [1.54, 1.807) is 16.8 Å². The van der Waals surface area contributed by atoms with Gasteiger partial charge in [0.15, 0.2) is 5.65 Å². The van der Waals surface area contributed by atoms with Gasteiger partial charge in [-0.25, -0.2) is 4.98 Å². The van der Waals surface area contributed by atoms with E-state index in [-0.39, 0.29) is 0 Å². The van der Waals surface area contributed by atoms with Gasteiger partial charge in [-0.3, -0.25) is 0 Å². The van der Waals surface area contributed by atoms with Crippen LogP contribution in [0.15, 0.2) is 18.5 Å². The van der Waals surface area contributed by atoms with Crippen molar-refractivity contribution in [3.8, 4) is 0 Å². The summed E-state index contributed by atoms with van der Waals surface area (Å²) in [4.78, 5) is 4.34. The lowest BCUT2D eigenvalue weighted by molar-refractivity contribution is 0.604. The summed E-state index contributed by atoms with van der Waals surface area (Å²) in [5.74, 6) is 0.635. The summed E-state index contributed by atoms with van der Waals surface area (Å²) < 4.78 is 1.70. The number of nitrogens with one attached hydrogen (secondary N) is 1. The fourth-order valence-corrected chi connectivity index (χ4v) is 2.30. The monoisotopic (exact) mass is 217 g/mol. The second kappa shape index (κ2) is 3.75. The topological polar surface area (TPSA) is 68.2 Å². The first-order valence-electron chi connectivity index (χ1n) is 5.65. The van der Waals surface area contributed by atoms with Gasteiger partial charge in [0.05, 0.1) is 6.20 Å². The van der Waals surface area contributed by atoms with Gasteiger partial charge < -0.3 is 11.1 Å². The molecular formula is C11H15N5. The van der Waals surface area contributed by atoms with Crippen LogP contribution in [0, 0.1) is 0 Å². The predicted molar refractivity (Wildman–Crippen MR) is 62.1 cm³/mol. The lowest BCUT2D eigenvalue weighted by Crippen LogP contribution is -2.23. The van der Waals surface area contributed by atoms with Gasteiger partial charge >= 0.3 is 0 Å². The number of rotatable bonds is 2. The average molecular weight is 217 g/mol. The third kappa shape index (κ3) is 1.53. The highest BCUT2D eigenvalue weighted by Gasteiger charge is 2.17. The van der Waals surface area contributed by atoms with Crippen molar-refractivity contribution in [1.82, 2.24) is 19.9 Å². The van der Waals surface area contributed by atoms with Crippen LogP contribution in [-0.4, -0.2) is 27.2 Å². The van der Waals surface area contributed by atoms with Crippen molar-refractivity contribution < 1.29 is 0 Å². The highest BCUT2D eigenvalue weighted by molar-refractivity contribution is 5.51. The van der Waals surface area contributed by atoms with Gasteiger partial charge in [0.2, 0.25) is 0 Å². The minimum absolute atomic E-state index is 0.566. The Morgan fingerprint density at radius 1 is 1.56 bits per heavy atom. The van der Waals surface area contributed by atoms with E-state index in [4.69, 9.17) is 5.73 Å². The zero-order valence-corrected chi connectivity index (χ0v) is 9.06. The molecule has 0 amide bonds. The van der Waals surface area contributed by atoms with Crippen molar-refractivity contribution in [2.45, 2.75) is 25.3 Å². The average Bonchev–Trinajstić information content (AvgIpc) is 2.90. The number of nitrogens with zero attached hydrogens (tertiary/aromatic N) is 3. The summed E-state index contributed by atoms with van der Waals surface area (Å²) in [7, 11) is 0. The molecule has 3 rings (SSSR count). The van der Waals surface area contributed by atoms with Crippen molar-refractivity contribution in [1.29, 1.82) is 0 Å².